The molecular weight excluding hydrogens is 388 g/mol. The zero-order valence-electron chi connectivity index (χ0n) is 17.2. The molecule has 0 unspecified atom stereocenters. The van der Waals surface area contributed by atoms with E-state index in [0.29, 0.717) is 16.8 Å². The van der Waals surface area contributed by atoms with Crippen molar-refractivity contribution >= 4 is 16.8 Å². The highest BCUT2D eigenvalue weighted by Crippen LogP contribution is 2.35. The summed E-state index contributed by atoms with van der Waals surface area (Å²) in [6.07, 6.45) is -0.806. The predicted octanol–water partition coefficient (Wildman–Crippen LogP) is 4.39. The number of aliphatic hydroxyl groups is 1. The summed E-state index contributed by atoms with van der Waals surface area (Å²) in [5.41, 5.74) is 3.26. The largest absolute Gasteiger partial charge is 0.505 e. The van der Waals surface area contributed by atoms with E-state index in [9.17, 15) is 15.0 Å². The Morgan fingerprint density at radius 2 is 1.55 bits per heavy atom. The summed E-state index contributed by atoms with van der Waals surface area (Å²) in [5, 5.41) is 24.9. The molecule has 5 heteroatoms. The molecule has 0 bridgehead atoms. The molecule has 2 atom stereocenters. The van der Waals surface area contributed by atoms with Gasteiger partial charge in [-0.1, -0.05) is 78.9 Å². The second-order valence-corrected chi connectivity index (χ2v) is 7.54. The minimum absolute atomic E-state index is 0.00615. The third-order valence-corrected chi connectivity index (χ3v) is 5.31. The first kappa shape index (κ1) is 20.6. The molecule has 0 aliphatic carbocycles. The lowest BCUT2D eigenvalue weighted by atomic mass is 9.98. The second-order valence-electron chi connectivity index (χ2n) is 7.54. The van der Waals surface area contributed by atoms with Gasteiger partial charge in [-0.3, -0.25) is 4.79 Å². The van der Waals surface area contributed by atoms with Crippen molar-refractivity contribution in [1.29, 1.82) is 0 Å². The molecule has 0 radical (unpaired) electrons. The van der Waals surface area contributed by atoms with Crippen LogP contribution in [0.1, 0.15) is 24.1 Å². The van der Waals surface area contributed by atoms with E-state index >= 15 is 0 Å². The van der Waals surface area contributed by atoms with Crippen molar-refractivity contribution < 1.29 is 15.0 Å². The fourth-order valence-electron chi connectivity index (χ4n) is 3.77. The standard InChI is InChI=1S/C26H24N2O3/c1-17(29)24(18-10-4-2-5-11-18)28-23(30)16-21-20-14-8-9-15-22(20)27-25(26(21)31)19-12-6-3-7-13-19/h2-15,17,24,29,31H,16H2,1H3,(H,28,30)/t17-,24-/m0/s1. The summed E-state index contributed by atoms with van der Waals surface area (Å²) >= 11 is 0. The molecule has 0 saturated heterocycles. The van der Waals surface area contributed by atoms with Crippen molar-refractivity contribution in [2.24, 2.45) is 0 Å². The number of aromatic hydroxyl groups is 1. The molecule has 4 rings (SSSR count). The molecular formula is C26H24N2O3. The fourth-order valence-corrected chi connectivity index (χ4v) is 3.77. The normalized spacial score (nSPS) is 13.0. The van der Waals surface area contributed by atoms with Crippen LogP contribution in [0.4, 0.5) is 0 Å². The van der Waals surface area contributed by atoms with Crippen LogP contribution < -0.4 is 5.32 Å². The maximum absolute atomic E-state index is 13.0. The molecule has 3 N–H and O–H groups in total. The van der Waals surface area contributed by atoms with Gasteiger partial charge in [0.25, 0.3) is 0 Å². The number of hydrogen-bond acceptors (Lipinski definition) is 4. The quantitative estimate of drug-likeness (QED) is 0.439. The number of nitrogens with one attached hydrogen (secondary N) is 1. The highest BCUT2D eigenvalue weighted by molar-refractivity contribution is 5.93. The molecule has 0 spiro atoms. The molecule has 5 nitrogen and oxygen atoms in total. The summed E-state index contributed by atoms with van der Waals surface area (Å²) in [4.78, 5) is 17.6. The molecule has 1 amide bonds. The van der Waals surface area contributed by atoms with Crippen molar-refractivity contribution in [2.75, 3.05) is 0 Å². The van der Waals surface area contributed by atoms with Crippen LogP contribution in [0.2, 0.25) is 0 Å². The Kier molecular flexibility index (Phi) is 5.96. The molecule has 3 aromatic carbocycles. The lowest BCUT2D eigenvalue weighted by molar-refractivity contribution is -0.122. The smallest absolute Gasteiger partial charge is 0.225 e. The molecule has 0 aliphatic rings. The average Bonchev–Trinajstić information content (AvgIpc) is 2.80. The number of hydrogen-bond donors (Lipinski definition) is 3. The third kappa shape index (κ3) is 4.42. The van der Waals surface area contributed by atoms with Crippen LogP contribution >= 0.6 is 0 Å². The Labute approximate surface area is 181 Å². The molecule has 1 heterocycles. The van der Waals surface area contributed by atoms with Crippen molar-refractivity contribution in [3.63, 3.8) is 0 Å². The highest BCUT2D eigenvalue weighted by atomic mass is 16.3. The number of pyridine rings is 1. The molecule has 4 aromatic rings. The molecule has 31 heavy (non-hydrogen) atoms. The summed E-state index contributed by atoms with van der Waals surface area (Å²) < 4.78 is 0. The van der Waals surface area contributed by atoms with Gasteiger partial charge in [0.2, 0.25) is 5.91 Å². The number of para-hydroxylation sites is 1. The first-order valence-corrected chi connectivity index (χ1v) is 10.2. The van der Waals surface area contributed by atoms with E-state index in [2.05, 4.69) is 10.3 Å². The Bertz CT molecular complexity index is 1190. The number of aromatic nitrogens is 1. The molecule has 0 fully saturated rings. The Morgan fingerprint density at radius 1 is 0.935 bits per heavy atom. The first-order chi connectivity index (χ1) is 15.0. The predicted molar refractivity (Wildman–Crippen MR) is 122 cm³/mol. The summed E-state index contributed by atoms with van der Waals surface area (Å²) in [6, 6.07) is 25.7. The number of fused-ring (bicyclic) bond motifs is 1. The number of amides is 1. The zero-order chi connectivity index (χ0) is 21.8. The maximum Gasteiger partial charge on any atom is 0.225 e. The highest BCUT2D eigenvalue weighted by Gasteiger charge is 2.22. The number of carbonyl (C=O) groups excluding carboxylic acids is 1. The van der Waals surface area contributed by atoms with Gasteiger partial charge in [0.1, 0.15) is 11.4 Å². The van der Waals surface area contributed by atoms with Gasteiger partial charge in [-0.2, -0.15) is 0 Å². The van der Waals surface area contributed by atoms with Crippen molar-refractivity contribution in [3.8, 4) is 17.0 Å². The minimum atomic E-state index is -0.769. The number of carbonyl (C=O) groups is 1. The Balaban J connectivity index is 1.70. The van der Waals surface area contributed by atoms with Gasteiger partial charge in [0, 0.05) is 16.5 Å². The van der Waals surface area contributed by atoms with Crippen molar-refractivity contribution in [1.82, 2.24) is 10.3 Å². The van der Waals surface area contributed by atoms with Gasteiger partial charge in [0.15, 0.2) is 0 Å². The summed E-state index contributed by atoms with van der Waals surface area (Å²) in [7, 11) is 0. The van der Waals surface area contributed by atoms with Crippen LogP contribution in [0.15, 0.2) is 84.9 Å². The van der Waals surface area contributed by atoms with Crippen molar-refractivity contribution in [2.45, 2.75) is 25.5 Å². The monoisotopic (exact) mass is 412 g/mol. The third-order valence-electron chi connectivity index (χ3n) is 5.31. The zero-order valence-corrected chi connectivity index (χ0v) is 17.2. The van der Waals surface area contributed by atoms with E-state index in [1.54, 1.807) is 6.92 Å². The number of aliphatic hydroxyl groups excluding tert-OH is 1. The Morgan fingerprint density at radius 3 is 2.23 bits per heavy atom. The minimum Gasteiger partial charge on any atom is -0.505 e. The van der Waals surface area contributed by atoms with E-state index in [-0.39, 0.29) is 18.1 Å². The van der Waals surface area contributed by atoms with Gasteiger partial charge < -0.3 is 15.5 Å². The van der Waals surface area contributed by atoms with Crippen LogP contribution in [-0.2, 0) is 11.2 Å². The summed E-state index contributed by atoms with van der Waals surface area (Å²) in [5.74, 6) is -0.297. The topological polar surface area (TPSA) is 82.5 Å². The fraction of sp³-hybridized carbons (Fsp3) is 0.154. The SMILES string of the molecule is C[C@H](O)[C@H](NC(=O)Cc1c(O)c(-c2ccccc2)nc2ccccc12)c1ccccc1. The lowest BCUT2D eigenvalue weighted by Gasteiger charge is -2.22. The van der Waals surface area contributed by atoms with E-state index in [0.717, 1.165) is 16.5 Å². The van der Waals surface area contributed by atoms with Crippen LogP contribution in [0, 0.1) is 0 Å². The molecule has 156 valence electrons. The number of benzene rings is 3. The van der Waals surface area contributed by atoms with Crippen LogP contribution in [-0.4, -0.2) is 27.2 Å². The first-order valence-electron chi connectivity index (χ1n) is 10.2. The van der Waals surface area contributed by atoms with Crippen molar-refractivity contribution in [3.05, 3.63) is 96.1 Å². The van der Waals surface area contributed by atoms with Gasteiger partial charge in [-0.05, 0) is 18.6 Å². The van der Waals surface area contributed by atoms with Gasteiger partial charge in [-0.25, -0.2) is 4.98 Å². The molecule has 0 saturated carbocycles. The van der Waals surface area contributed by atoms with Gasteiger partial charge in [-0.15, -0.1) is 0 Å². The van der Waals surface area contributed by atoms with E-state index < -0.39 is 12.1 Å². The number of rotatable bonds is 6. The average molecular weight is 412 g/mol. The Hall–Kier alpha value is -3.70. The number of nitrogens with zero attached hydrogens (tertiary/aromatic N) is 1. The maximum atomic E-state index is 13.0. The van der Waals surface area contributed by atoms with Gasteiger partial charge >= 0.3 is 0 Å². The lowest BCUT2D eigenvalue weighted by Crippen LogP contribution is -2.36. The van der Waals surface area contributed by atoms with E-state index in [1.165, 1.54) is 0 Å². The van der Waals surface area contributed by atoms with Gasteiger partial charge in [0.05, 0.1) is 24.1 Å². The van der Waals surface area contributed by atoms with Crippen LogP contribution in [0.3, 0.4) is 0 Å². The second kappa shape index (κ2) is 8.98. The molecule has 0 aliphatic heterocycles. The van der Waals surface area contributed by atoms with E-state index in [1.807, 2.05) is 84.9 Å². The van der Waals surface area contributed by atoms with Crippen LogP contribution in [0.5, 0.6) is 5.75 Å². The summed E-state index contributed by atoms with van der Waals surface area (Å²) in [6.45, 7) is 1.64. The van der Waals surface area contributed by atoms with Crippen LogP contribution in [0.25, 0.3) is 22.2 Å². The molecule has 1 aromatic heterocycles. The van der Waals surface area contributed by atoms with E-state index in [4.69, 9.17) is 0 Å².